The van der Waals surface area contributed by atoms with Gasteiger partial charge in [-0.05, 0) is 30.7 Å². The summed E-state index contributed by atoms with van der Waals surface area (Å²) in [6.45, 7) is 1.90. The second-order valence-electron chi connectivity index (χ2n) is 6.39. The molecule has 7 nitrogen and oxygen atoms in total. The molecule has 0 bridgehead atoms. The van der Waals surface area contributed by atoms with Crippen LogP contribution in [0.4, 0.5) is 13.2 Å². The van der Waals surface area contributed by atoms with Gasteiger partial charge in [-0.15, -0.1) is 5.10 Å². The van der Waals surface area contributed by atoms with Crippen molar-refractivity contribution in [2.24, 2.45) is 0 Å². The number of carbonyl (C=O) groups excluding carboxylic acids is 1. The first kappa shape index (κ1) is 20.2. The van der Waals surface area contributed by atoms with Gasteiger partial charge >= 0.3 is 6.18 Å². The van der Waals surface area contributed by atoms with Gasteiger partial charge in [-0.2, -0.15) is 13.2 Å². The van der Waals surface area contributed by atoms with E-state index in [1.54, 1.807) is 32.4 Å². The number of aromatic nitrogens is 5. The predicted octanol–water partition coefficient (Wildman–Crippen LogP) is 3.19. The summed E-state index contributed by atoms with van der Waals surface area (Å²) in [4.78, 5) is 25.5. The van der Waals surface area contributed by atoms with Crippen molar-refractivity contribution in [2.45, 2.75) is 19.6 Å². The van der Waals surface area contributed by atoms with E-state index in [1.807, 2.05) is 0 Å². The first-order valence-corrected chi connectivity index (χ1v) is 8.50. The smallest absolute Gasteiger partial charge is 0.338 e. The van der Waals surface area contributed by atoms with Gasteiger partial charge in [0.25, 0.3) is 0 Å². The molecule has 29 heavy (non-hydrogen) atoms. The second kappa shape index (κ2) is 8.21. The molecule has 0 aliphatic rings. The van der Waals surface area contributed by atoms with E-state index in [9.17, 15) is 18.0 Å². The molecular weight excluding hydrogens is 385 g/mol. The van der Waals surface area contributed by atoms with Crippen LogP contribution in [0.25, 0.3) is 17.6 Å². The molecular formula is C19H17F3N6O. The summed E-state index contributed by atoms with van der Waals surface area (Å²) in [5.41, 5.74) is 0.709. The first-order chi connectivity index (χ1) is 13.7. The monoisotopic (exact) mass is 402 g/mol. The molecule has 2 heterocycles. The van der Waals surface area contributed by atoms with Crippen LogP contribution in [-0.2, 0) is 17.5 Å². The Balaban J connectivity index is 1.72. The Kier molecular flexibility index (Phi) is 5.71. The van der Waals surface area contributed by atoms with Crippen molar-refractivity contribution in [3.05, 3.63) is 66.0 Å². The first-order valence-electron chi connectivity index (χ1n) is 8.50. The van der Waals surface area contributed by atoms with Gasteiger partial charge < -0.3 is 4.90 Å². The van der Waals surface area contributed by atoms with Crippen LogP contribution in [0.2, 0.25) is 0 Å². The summed E-state index contributed by atoms with van der Waals surface area (Å²) in [5, 5.41) is 4.12. The second-order valence-corrected chi connectivity index (χ2v) is 6.39. The zero-order chi connectivity index (χ0) is 21.0. The van der Waals surface area contributed by atoms with E-state index in [1.165, 1.54) is 34.5 Å². The maximum atomic E-state index is 13.0. The van der Waals surface area contributed by atoms with Crippen molar-refractivity contribution in [3.63, 3.8) is 0 Å². The van der Waals surface area contributed by atoms with Crippen molar-refractivity contribution in [1.29, 1.82) is 0 Å². The van der Waals surface area contributed by atoms with Crippen molar-refractivity contribution < 1.29 is 18.0 Å². The fraction of sp³-hybridized carbons (Fsp3) is 0.211. The van der Waals surface area contributed by atoms with Gasteiger partial charge in [0.2, 0.25) is 5.91 Å². The van der Waals surface area contributed by atoms with E-state index in [4.69, 9.17) is 0 Å². The summed E-state index contributed by atoms with van der Waals surface area (Å²) < 4.78 is 40.3. The third-order valence-electron chi connectivity index (χ3n) is 3.95. The Morgan fingerprint density at radius 1 is 1.21 bits per heavy atom. The topological polar surface area (TPSA) is 76.8 Å². The number of alkyl halides is 3. The standard InChI is InChI=1S/C19H17F3N6O/c1-13-5-15(7-16(6-13)19(20,21)22)18-25-12-28(26-18)4-3-17(29)27(2)10-14-8-23-11-24-9-14/h3-9,11-12H,10H2,1-2H3/b4-3-. The zero-order valence-corrected chi connectivity index (χ0v) is 15.6. The highest BCUT2D eigenvalue weighted by Crippen LogP contribution is 2.32. The zero-order valence-electron chi connectivity index (χ0n) is 15.6. The van der Waals surface area contributed by atoms with Gasteiger partial charge in [0.05, 0.1) is 5.56 Å². The molecule has 0 aliphatic heterocycles. The highest BCUT2D eigenvalue weighted by molar-refractivity contribution is 5.89. The quantitative estimate of drug-likeness (QED) is 0.613. The molecule has 3 aromatic rings. The molecule has 0 fully saturated rings. The molecule has 0 spiro atoms. The van der Waals surface area contributed by atoms with Crippen LogP contribution < -0.4 is 0 Å². The van der Waals surface area contributed by atoms with Crippen LogP contribution in [0.3, 0.4) is 0 Å². The van der Waals surface area contributed by atoms with E-state index in [2.05, 4.69) is 20.1 Å². The molecule has 1 aromatic carbocycles. The van der Waals surface area contributed by atoms with Crippen LogP contribution in [0.1, 0.15) is 16.7 Å². The van der Waals surface area contributed by atoms with Gasteiger partial charge in [-0.25, -0.2) is 19.6 Å². The average molecular weight is 402 g/mol. The van der Waals surface area contributed by atoms with Gasteiger partial charge in [-0.3, -0.25) is 4.79 Å². The lowest BCUT2D eigenvalue weighted by molar-refractivity contribution is -0.137. The fourth-order valence-corrected chi connectivity index (χ4v) is 2.59. The molecule has 0 radical (unpaired) electrons. The number of likely N-dealkylation sites (N-methyl/N-ethyl adjacent to an activating group) is 1. The normalized spacial score (nSPS) is 11.8. The van der Waals surface area contributed by atoms with Crippen molar-refractivity contribution in [1.82, 2.24) is 29.6 Å². The maximum Gasteiger partial charge on any atom is 0.416 e. The number of halogens is 3. The molecule has 0 atom stereocenters. The van der Waals surface area contributed by atoms with Crippen molar-refractivity contribution in [3.8, 4) is 11.4 Å². The van der Waals surface area contributed by atoms with Crippen LogP contribution >= 0.6 is 0 Å². The molecule has 3 rings (SSSR count). The number of aryl methyl sites for hydroxylation is 1. The van der Waals surface area contributed by atoms with E-state index in [0.29, 0.717) is 12.1 Å². The Bertz CT molecular complexity index is 1030. The minimum Gasteiger partial charge on any atom is -0.338 e. The van der Waals surface area contributed by atoms with Crippen LogP contribution in [-0.4, -0.2) is 42.6 Å². The number of hydrogen-bond donors (Lipinski definition) is 0. The summed E-state index contributed by atoms with van der Waals surface area (Å²) >= 11 is 0. The van der Waals surface area contributed by atoms with Gasteiger partial charge in [0, 0.05) is 49.4 Å². The molecule has 150 valence electrons. The Hall–Kier alpha value is -3.56. The minimum atomic E-state index is -4.45. The predicted molar refractivity (Wildman–Crippen MR) is 99.0 cm³/mol. The number of amides is 1. The average Bonchev–Trinajstić information content (AvgIpc) is 3.15. The number of benzene rings is 1. The van der Waals surface area contributed by atoms with Crippen LogP contribution in [0.5, 0.6) is 0 Å². The Labute approximate surface area is 164 Å². The molecule has 2 aromatic heterocycles. The van der Waals surface area contributed by atoms with Crippen molar-refractivity contribution in [2.75, 3.05) is 7.05 Å². The summed E-state index contributed by atoms with van der Waals surface area (Å²) in [5.74, 6) is -0.160. The van der Waals surface area contributed by atoms with Crippen LogP contribution in [0, 0.1) is 6.92 Å². The lowest BCUT2D eigenvalue weighted by Gasteiger charge is -2.14. The van der Waals surface area contributed by atoms with Gasteiger partial charge in [-0.1, -0.05) is 0 Å². The molecule has 10 heteroatoms. The third-order valence-corrected chi connectivity index (χ3v) is 3.95. The van der Waals surface area contributed by atoms with Gasteiger partial charge in [0.15, 0.2) is 5.82 Å². The molecule has 0 N–H and O–H groups in total. The molecule has 0 saturated carbocycles. The summed E-state index contributed by atoms with van der Waals surface area (Å²) in [6, 6.07) is 3.63. The van der Waals surface area contributed by atoms with E-state index in [0.717, 1.165) is 17.7 Å². The molecule has 0 saturated heterocycles. The Morgan fingerprint density at radius 3 is 2.62 bits per heavy atom. The Morgan fingerprint density at radius 2 is 1.93 bits per heavy atom. The molecule has 0 aliphatic carbocycles. The highest BCUT2D eigenvalue weighted by atomic mass is 19.4. The highest BCUT2D eigenvalue weighted by Gasteiger charge is 2.31. The number of nitrogens with zero attached hydrogens (tertiary/aromatic N) is 6. The number of carbonyl (C=O) groups is 1. The lowest BCUT2D eigenvalue weighted by Crippen LogP contribution is -2.24. The maximum absolute atomic E-state index is 13.0. The van der Waals surface area contributed by atoms with Crippen molar-refractivity contribution >= 4 is 12.1 Å². The van der Waals surface area contributed by atoms with E-state index in [-0.39, 0.29) is 17.3 Å². The molecule has 0 unspecified atom stereocenters. The van der Waals surface area contributed by atoms with E-state index < -0.39 is 11.7 Å². The van der Waals surface area contributed by atoms with E-state index >= 15 is 0 Å². The molecule has 1 amide bonds. The largest absolute Gasteiger partial charge is 0.416 e. The SMILES string of the molecule is Cc1cc(-c2ncn(/C=C\C(=O)N(C)Cc3cncnc3)n2)cc(C(F)(F)F)c1. The number of rotatable bonds is 5. The summed E-state index contributed by atoms with van der Waals surface area (Å²) in [7, 11) is 1.62. The van der Waals surface area contributed by atoms with Gasteiger partial charge in [0.1, 0.15) is 12.7 Å². The third kappa shape index (κ3) is 5.24. The fourth-order valence-electron chi connectivity index (χ4n) is 2.59. The minimum absolute atomic E-state index is 0.131. The lowest BCUT2D eigenvalue weighted by atomic mass is 10.1. The number of hydrogen-bond acceptors (Lipinski definition) is 5. The van der Waals surface area contributed by atoms with Crippen LogP contribution in [0.15, 0.2) is 49.3 Å². The summed E-state index contributed by atoms with van der Waals surface area (Å²) in [6.07, 6.45) is 4.17.